The summed E-state index contributed by atoms with van der Waals surface area (Å²) in [5.74, 6) is 0.258. The van der Waals surface area contributed by atoms with E-state index >= 15 is 0 Å². The molecule has 10 heteroatoms. The van der Waals surface area contributed by atoms with E-state index in [1.807, 2.05) is 39.0 Å². The van der Waals surface area contributed by atoms with Gasteiger partial charge in [-0.2, -0.15) is 0 Å². The minimum absolute atomic E-state index is 0.0162. The molecule has 236 valence electrons. The first kappa shape index (κ1) is 32.9. The second-order valence-electron chi connectivity index (χ2n) is 12.0. The van der Waals surface area contributed by atoms with Gasteiger partial charge in [-0.05, 0) is 92.6 Å². The van der Waals surface area contributed by atoms with Crippen molar-refractivity contribution >= 4 is 40.7 Å². The Morgan fingerprint density at radius 1 is 1.07 bits per heavy atom. The molecule has 0 fully saturated rings. The van der Waals surface area contributed by atoms with Crippen LogP contribution in [0.25, 0.3) is 22.4 Å². The molecule has 0 saturated heterocycles. The zero-order valence-corrected chi connectivity index (χ0v) is 27.7. The first-order valence-electron chi connectivity index (χ1n) is 14.6. The summed E-state index contributed by atoms with van der Waals surface area (Å²) < 4.78 is 12.0. The minimum Gasteiger partial charge on any atom is -0.507 e. The lowest BCUT2D eigenvalue weighted by atomic mass is 9.78. The van der Waals surface area contributed by atoms with Crippen molar-refractivity contribution in [2.45, 2.75) is 51.2 Å². The molecule has 0 aliphatic carbocycles. The number of phenols is 1. The molecule has 0 radical (unpaired) electrons. The number of hydrogen-bond acceptors (Lipinski definition) is 6. The van der Waals surface area contributed by atoms with E-state index in [9.17, 15) is 15.0 Å². The van der Waals surface area contributed by atoms with Crippen molar-refractivity contribution in [2.24, 2.45) is 5.92 Å². The third-order valence-electron chi connectivity index (χ3n) is 8.15. The number of fused-ring (bicyclic) bond motifs is 1. The maximum Gasteiger partial charge on any atom is 0.255 e. The highest BCUT2D eigenvalue weighted by molar-refractivity contribution is 6.36. The fourth-order valence-corrected chi connectivity index (χ4v) is 6.50. The van der Waals surface area contributed by atoms with Crippen molar-refractivity contribution in [3.63, 3.8) is 0 Å². The molecule has 3 aromatic carbocycles. The lowest BCUT2D eigenvalue weighted by Gasteiger charge is -2.39. The van der Waals surface area contributed by atoms with Gasteiger partial charge in [-0.15, -0.1) is 0 Å². The molecule has 3 N–H and O–H groups in total. The Hall–Kier alpha value is -3.49. The summed E-state index contributed by atoms with van der Waals surface area (Å²) in [6, 6.07) is 19.2. The van der Waals surface area contributed by atoms with E-state index in [4.69, 9.17) is 49.3 Å². The molecule has 45 heavy (non-hydrogen) atoms. The maximum atomic E-state index is 12.6. The second kappa shape index (κ2) is 13.5. The summed E-state index contributed by atoms with van der Waals surface area (Å²) in [4.78, 5) is 17.7. The number of methoxy groups -OCH3 is 1. The minimum atomic E-state index is -0.825. The van der Waals surface area contributed by atoms with Gasteiger partial charge in [-0.3, -0.25) is 4.79 Å². The van der Waals surface area contributed by atoms with Gasteiger partial charge in [-0.25, -0.2) is 4.98 Å². The second-order valence-corrected chi connectivity index (χ2v) is 13.3. The number of hydrogen-bond donors (Lipinski definition) is 3. The standard InChI is InChI=1S/C35H35Cl3N2O5/c1-19(30(42)18-39-33(43)24-7-5-6-8-29(24)41)13-21-17-35(2,3)45-34-26(21)16-25(20-9-12-27(37)31(14-20)44-4)32(40-34)23-11-10-22(36)15-28(23)38/h5-12,14-16,19,21,30,41-42H,13,17-18H2,1-4H3,(H,39,43). The maximum absolute atomic E-state index is 12.6. The van der Waals surface area contributed by atoms with Gasteiger partial charge >= 0.3 is 0 Å². The number of phenolic OH excluding ortho intramolecular Hbond substituents is 1. The van der Waals surface area contributed by atoms with Gasteiger partial charge in [0.2, 0.25) is 5.88 Å². The van der Waals surface area contributed by atoms with Crippen LogP contribution in [0.1, 0.15) is 55.5 Å². The van der Waals surface area contributed by atoms with Crippen LogP contribution in [0, 0.1) is 5.92 Å². The number of ether oxygens (including phenoxy) is 2. The van der Waals surface area contributed by atoms with Crippen LogP contribution in [0.3, 0.4) is 0 Å². The number of carbonyl (C=O) groups excluding carboxylic acids is 1. The molecular weight excluding hydrogens is 635 g/mol. The fourth-order valence-electron chi connectivity index (χ4n) is 5.80. The highest BCUT2D eigenvalue weighted by Crippen LogP contribution is 2.48. The third kappa shape index (κ3) is 7.33. The largest absolute Gasteiger partial charge is 0.507 e. The monoisotopic (exact) mass is 668 g/mol. The van der Waals surface area contributed by atoms with Crippen molar-refractivity contribution in [1.29, 1.82) is 0 Å². The zero-order valence-electron chi connectivity index (χ0n) is 25.4. The Morgan fingerprint density at radius 3 is 2.53 bits per heavy atom. The van der Waals surface area contributed by atoms with Crippen LogP contribution in [0.4, 0.5) is 0 Å². The molecule has 3 atom stereocenters. The number of nitrogens with zero attached hydrogens (tertiary/aromatic N) is 1. The van der Waals surface area contributed by atoms with Crippen LogP contribution in [-0.4, -0.2) is 46.5 Å². The molecule has 7 nitrogen and oxygen atoms in total. The Morgan fingerprint density at radius 2 is 1.82 bits per heavy atom. The number of aliphatic hydroxyl groups excluding tert-OH is 1. The van der Waals surface area contributed by atoms with E-state index < -0.39 is 17.6 Å². The lowest BCUT2D eigenvalue weighted by molar-refractivity contribution is 0.0509. The van der Waals surface area contributed by atoms with Crippen LogP contribution in [0.15, 0.2) is 66.7 Å². The normalized spacial score (nSPS) is 16.7. The van der Waals surface area contributed by atoms with Crippen molar-refractivity contribution in [3.05, 3.63) is 92.9 Å². The molecule has 3 unspecified atom stereocenters. The van der Waals surface area contributed by atoms with Crippen LogP contribution in [0.2, 0.25) is 15.1 Å². The van der Waals surface area contributed by atoms with Gasteiger partial charge in [0.05, 0.1) is 34.5 Å². The number of pyridine rings is 1. The average molecular weight is 670 g/mol. The topological polar surface area (TPSA) is 101 Å². The SMILES string of the molecule is COc1cc(-c2cc3c(nc2-c2ccc(Cl)cc2Cl)OC(C)(C)CC3CC(C)C(O)CNC(=O)c2ccccc2O)ccc1Cl. The van der Waals surface area contributed by atoms with Crippen molar-refractivity contribution in [3.8, 4) is 39.8 Å². The van der Waals surface area contributed by atoms with E-state index in [0.717, 1.165) is 16.7 Å². The first-order valence-corrected chi connectivity index (χ1v) is 15.8. The molecule has 1 aliphatic heterocycles. The Labute approximate surface area is 278 Å². The molecule has 0 spiro atoms. The van der Waals surface area contributed by atoms with E-state index in [-0.39, 0.29) is 29.7 Å². The number of rotatable bonds is 9. The van der Waals surface area contributed by atoms with Gasteiger partial charge in [0.25, 0.3) is 5.91 Å². The van der Waals surface area contributed by atoms with Crippen molar-refractivity contribution in [2.75, 3.05) is 13.7 Å². The highest BCUT2D eigenvalue weighted by atomic mass is 35.5. The number of aromatic nitrogens is 1. The summed E-state index contributed by atoms with van der Waals surface area (Å²) >= 11 is 19.3. The number of amides is 1. The molecule has 5 rings (SSSR count). The van der Waals surface area contributed by atoms with E-state index in [1.54, 1.807) is 37.4 Å². The summed E-state index contributed by atoms with van der Waals surface area (Å²) in [5.41, 5.74) is 3.49. The van der Waals surface area contributed by atoms with Crippen molar-refractivity contribution < 1.29 is 24.5 Å². The molecule has 1 amide bonds. The smallest absolute Gasteiger partial charge is 0.255 e. The van der Waals surface area contributed by atoms with Gasteiger partial charge in [-0.1, -0.05) is 59.9 Å². The zero-order chi connectivity index (χ0) is 32.5. The number of para-hydroxylation sites is 1. The average Bonchev–Trinajstić information content (AvgIpc) is 2.99. The number of benzene rings is 3. The number of nitrogens with one attached hydrogen (secondary N) is 1. The van der Waals surface area contributed by atoms with Gasteiger partial charge < -0.3 is 25.0 Å². The Bertz CT molecular complexity index is 1730. The quantitative estimate of drug-likeness (QED) is 0.165. The summed E-state index contributed by atoms with van der Waals surface area (Å²) in [5, 5.41) is 25.3. The Kier molecular flexibility index (Phi) is 9.85. The van der Waals surface area contributed by atoms with Gasteiger partial charge in [0, 0.05) is 28.3 Å². The lowest BCUT2D eigenvalue weighted by Crippen LogP contribution is -2.38. The molecule has 0 bridgehead atoms. The van der Waals surface area contributed by atoms with Crippen LogP contribution in [0.5, 0.6) is 17.4 Å². The predicted octanol–water partition coefficient (Wildman–Crippen LogP) is 8.55. The van der Waals surface area contributed by atoms with Crippen LogP contribution in [-0.2, 0) is 0 Å². The summed E-state index contributed by atoms with van der Waals surface area (Å²) in [7, 11) is 1.57. The summed E-state index contributed by atoms with van der Waals surface area (Å²) in [6.07, 6.45) is 0.474. The third-order valence-corrected chi connectivity index (χ3v) is 9.01. The number of aromatic hydroxyl groups is 1. The molecule has 4 aromatic rings. The van der Waals surface area contributed by atoms with Crippen molar-refractivity contribution in [1.82, 2.24) is 10.3 Å². The summed E-state index contributed by atoms with van der Waals surface area (Å²) in [6.45, 7) is 6.03. The molecule has 1 aliphatic rings. The predicted molar refractivity (Wildman–Crippen MR) is 179 cm³/mol. The first-order chi connectivity index (χ1) is 21.4. The highest BCUT2D eigenvalue weighted by Gasteiger charge is 2.37. The number of aliphatic hydroxyl groups is 1. The van der Waals surface area contributed by atoms with E-state index in [1.165, 1.54) is 12.1 Å². The molecular formula is C35H35Cl3N2O5. The number of halogens is 3. The van der Waals surface area contributed by atoms with E-state index in [2.05, 4.69) is 11.4 Å². The van der Waals surface area contributed by atoms with E-state index in [0.29, 0.717) is 50.8 Å². The molecule has 1 aromatic heterocycles. The van der Waals surface area contributed by atoms with Gasteiger partial charge in [0.15, 0.2) is 0 Å². The number of carbonyl (C=O) groups is 1. The van der Waals surface area contributed by atoms with Crippen LogP contribution >= 0.6 is 34.8 Å². The molecule has 2 heterocycles. The van der Waals surface area contributed by atoms with Crippen LogP contribution < -0.4 is 14.8 Å². The fraction of sp³-hybridized carbons (Fsp3) is 0.314. The molecule has 0 saturated carbocycles. The van der Waals surface area contributed by atoms with Gasteiger partial charge in [0.1, 0.15) is 17.1 Å². The Balaban J connectivity index is 1.50.